The van der Waals surface area contributed by atoms with Crippen LogP contribution in [0.15, 0.2) is 65.7 Å². The van der Waals surface area contributed by atoms with Crippen molar-refractivity contribution in [2.75, 3.05) is 6.61 Å². The van der Waals surface area contributed by atoms with Gasteiger partial charge in [0.1, 0.15) is 18.3 Å². The monoisotopic (exact) mass is 262 g/mol. The fourth-order valence-corrected chi connectivity index (χ4v) is 2.56. The van der Waals surface area contributed by atoms with Gasteiger partial charge in [-0.1, -0.05) is 48.5 Å². The van der Waals surface area contributed by atoms with Crippen LogP contribution < -0.4 is 0 Å². The zero-order valence-electron chi connectivity index (χ0n) is 10.9. The molecule has 0 unspecified atom stereocenters. The summed E-state index contributed by atoms with van der Waals surface area (Å²) in [6.45, 7) is 0.606. The molecule has 0 bridgehead atoms. The van der Waals surface area contributed by atoms with Gasteiger partial charge in [-0.15, -0.1) is 0 Å². The van der Waals surface area contributed by atoms with Gasteiger partial charge in [-0.25, -0.2) is 4.99 Å². The third-order valence-corrected chi connectivity index (χ3v) is 3.60. The van der Waals surface area contributed by atoms with Gasteiger partial charge in [0, 0.05) is 10.9 Å². The van der Waals surface area contributed by atoms with Gasteiger partial charge in [0.2, 0.25) is 5.90 Å². The molecule has 0 fully saturated rings. The van der Waals surface area contributed by atoms with Crippen LogP contribution in [-0.4, -0.2) is 17.5 Å². The van der Waals surface area contributed by atoms with Crippen LogP contribution in [0.25, 0.3) is 10.9 Å². The highest BCUT2D eigenvalue weighted by atomic mass is 16.5. The second kappa shape index (κ2) is 4.53. The van der Waals surface area contributed by atoms with E-state index in [9.17, 15) is 0 Å². The Morgan fingerprint density at radius 2 is 1.80 bits per heavy atom. The molecular weight excluding hydrogens is 248 g/mol. The number of hydrogen-bond donors (Lipinski definition) is 1. The molecule has 3 nitrogen and oxygen atoms in total. The summed E-state index contributed by atoms with van der Waals surface area (Å²) in [5.41, 5.74) is 3.25. The van der Waals surface area contributed by atoms with E-state index in [0.717, 1.165) is 11.2 Å². The quantitative estimate of drug-likeness (QED) is 0.751. The molecule has 0 spiro atoms. The predicted octanol–water partition coefficient (Wildman–Crippen LogP) is 3.69. The molecule has 1 atom stereocenters. The molecule has 0 saturated heterocycles. The number of aliphatic imine (C=N–C) groups is 1. The number of para-hydroxylation sites is 1. The molecule has 20 heavy (non-hydrogen) atoms. The van der Waals surface area contributed by atoms with E-state index in [-0.39, 0.29) is 6.04 Å². The second-order valence-corrected chi connectivity index (χ2v) is 4.94. The molecule has 0 saturated carbocycles. The Bertz CT molecular complexity index is 741. The lowest BCUT2D eigenvalue weighted by Crippen LogP contribution is -2.01. The smallest absolute Gasteiger partial charge is 0.233 e. The van der Waals surface area contributed by atoms with Gasteiger partial charge in [-0.2, -0.15) is 0 Å². The molecule has 1 N–H and O–H groups in total. The number of fused-ring (bicyclic) bond motifs is 1. The minimum atomic E-state index is 0.0950. The Balaban J connectivity index is 1.69. The van der Waals surface area contributed by atoms with Crippen molar-refractivity contribution in [2.45, 2.75) is 6.04 Å². The van der Waals surface area contributed by atoms with Gasteiger partial charge in [0.25, 0.3) is 0 Å². The van der Waals surface area contributed by atoms with E-state index in [1.54, 1.807) is 0 Å². The van der Waals surface area contributed by atoms with Gasteiger partial charge < -0.3 is 9.72 Å². The van der Waals surface area contributed by atoms with Crippen LogP contribution in [0.5, 0.6) is 0 Å². The van der Waals surface area contributed by atoms with Crippen LogP contribution >= 0.6 is 0 Å². The highest BCUT2D eigenvalue weighted by molar-refractivity contribution is 5.98. The number of nitrogens with one attached hydrogen (secondary N) is 1. The second-order valence-electron chi connectivity index (χ2n) is 4.94. The number of benzene rings is 2. The van der Waals surface area contributed by atoms with Gasteiger partial charge >= 0.3 is 0 Å². The van der Waals surface area contributed by atoms with Crippen LogP contribution in [0.4, 0.5) is 0 Å². The van der Waals surface area contributed by atoms with Crippen LogP contribution in [0.1, 0.15) is 17.3 Å². The minimum Gasteiger partial charge on any atom is -0.474 e. The maximum Gasteiger partial charge on any atom is 0.233 e. The summed E-state index contributed by atoms with van der Waals surface area (Å²) in [5, 5.41) is 1.18. The molecule has 4 rings (SSSR count). The Kier molecular flexibility index (Phi) is 2.56. The van der Waals surface area contributed by atoms with Crippen molar-refractivity contribution >= 4 is 16.8 Å². The Morgan fingerprint density at radius 3 is 2.65 bits per heavy atom. The lowest BCUT2D eigenvalue weighted by molar-refractivity contribution is 0.319. The number of nitrogens with zero attached hydrogens (tertiary/aromatic N) is 1. The van der Waals surface area contributed by atoms with E-state index in [1.165, 1.54) is 10.9 Å². The molecule has 0 radical (unpaired) electrons. The first-order valence-corrected chi connectivity index (χ1v) is 6.74. The summed E-state index contributed by atoms with van der Waals surface area (Å²) in [7, 11) is 0. The average molecular weight is 262 g/mol. The van der Waals surface area contributed by atoms with Crippen molar-refractivity contribution in [1.29, 1.82) is 0 Å². The van der Waals surface area contributed by atoms with E-state index < -0.39 is 0 Å². The van der Waals surface area contributed by atoms with Crippen LogP contribution in [0, 0.1) is 0 Å². The minimum absolute atomic E-state index is 0.0950. The molecule has 0 amide bonds. The normalized spacial score (nSPS) is 18.0. The lowest BCUT2D eigenvalue weighted by atomic mass is 10.1. The van der Waals surface area contributed by atoms with Gasteiger partial charge in [-0.05, 0) is 17.7 Å². The van der Waals surface area contributed by atoms with Crippen molar-refractivity contribution in [1.82, 2.24) is 4.98 Å². The van der Waals surface area contributed by atoms with Gasteiger partial charge in [0.05, 0.1) is 0 Å². The van der Waals surface area contributed by atoms with Crippen LogP contribution in [-0.2, 0) is 4.74 Å². The number of ether oxygens (including phenoxy) is 1. The summed E-state index contributed by atoms with van der Waals surface area (Å²) in [6, 6.07) is 20.6. The zero-order chi connectivity index (χ0) is 13.4. The first-order chi connectivity index (χ1) is 9.90. The van der Waals surface area contributed by atoms with Crippen molar-refractivity contribution in [3.8, 4) is 0 Å². The number of H-pyrrole nitrogens is 1. The third-order valence-electron chi connectivity index (χ3n) is 3.60. The third kappa shape index (κ3) is 1.88. The summed E-state index contributed by atoms with van der Waals surface area (Å²) < 4.78 is 5.75. The Labute approximate surface area is 116 Å². The highest BCUT2D eigenvalue weighted by Crippen LogP contribution is 2.25. The molecule has 98 valence electrons. The summed E-state index contributed by atoms with van der Waals surface area (Å²) in [5.74, 6) is 0.704. The number of rotatable bonds is 2. The SMILES string of the molecule is c1ccc([C@H]2COC(c3cc4ccccc4[nH]3)=N2)cc1. The molecule has 0 aliphatic carbocycles. The van der Waals surface area contributed by atoms with E-state index in [4.69, 9.17) is 4.74 Å². The fraction of sp³-hybridized carbons (Fsp3) is 0.118. The van der Waals surface area contributed by atoms with Crippen molar-refractivity contribution in [3.63, 3.8) is 0 Å². The maximum atomic E-state index is 5.75. The summed E-state index contributed by atoms with van der Waals surface area (Å²) >= 11 is 0. The zero-order valence-corrected chi connectivity index (χ0v) is 10.9. The van der Waals surface area contributed by atoms with E-state index in [0.29, 0.717) is 12.5 Å². The molecule has 3 heteroatoms. The molecule has 1 aliphatic heterocycles. The number of hydrogen-bond acceptors (Lipinski definition) is 2. The van der Waals surface area contributed by atoms with Gasteiger partial charge in [-0.3, -0.25) is 0 Å². The standard InChI is InChI=1S/C17H14N2O/c1-2-6-12(7-3-1)16-11-20-17(19-16)15-10-13-8-4-5-9-14(13)18-15/h1-10,16,18H,11H2/t16-/m1/s1. The van der Waals surface area contributed by atoms with Crippen molar-refractivity contribution < 1.29 is 4.74 Å². The van der Waals surface area contributed by atoms with E-state index in [1.807, 2.05) is 30.3 Å². The molecular formula is C17H14N2O. The first-order valence-electron chi connectivity index (χ1n) is 6.74. The van der Waals surface area contributed by atoms with Gasteiger partial charge in [0.15, 0.2) is 0 Å². The molecule has 3 aromatic rings. The largest absolute Gasteiger partial charge is 0.474 e. The summed E-state index contributed by atoms with van der Waals surface area (Å²) in [4.78, 5) is 8.04. The molecule has 1 aromatic heterocycles. The molecule has 2 heterocycles. The highest BCUT2D eigenvalue weighted by Gasteiger charge is 2.22. The van der Waals surface area contributed by atoms with E-state index >= 15 is 0 Å². The summed E-state index contributed by atoms with van der Waals surface area (Å²) in [6.07, 6.45) is 0. The average Bonchev–Trinajstić information content (AvgIpc) is 3.14. The molecule has 2 aromatic carbocycles. The molecule has 1 aliphatic rings. The number of aromatic nitrogens is 1. The van der Waals surface area contributed by atoms with Crippen LogP contribution in [0.2, 0.25) is 0 Å². The lowest BCUT2D eigenvalue weighted by Gasteiger charge is -2.03. The topological polar surface area (TPSA) is 37.4 Å². The van der Waals surface area contributed by atoms with Crippen LogP contribution in [0.3, 0.4) is 0 Å². The van der Waals surface area contributed by atoms with Crippen molar-refractivity contribution in [3.05, 3.63) is 71.9 Å². The fourth-order valence-electron chi connectivity index (χ4n) is 2.56. The van der Waals surface area contributed by atoms with Crippen molar-refractivity contribution in [2.24, 2.45) is 4.99 Å². The Morgan fingerprint density at radius 1 is 1.00 bits per heavy atom. The Hall–Kier alpha value is -2.55. The maximum absolute atomic E-state index is 5.75. The number of aromatic amines is 1. The van der Waals surface area contributed by atoms with E-state index in [2.05, 4.69) is 40.3 Å². The predicted molar refractivity (Wildman–Crippen MR) is 80.0 cm³/mol. The first kappa shape index (κ1) is 11.3.